The molecule has 2 atom stereocenters. The molecule has 4 N–H and O–H groups in total. The number of nitrogens with two attached hydrogens (primary N) is 1. The molecule has 0 heterocycles. The van der Waals surface area contributed by atoms with Crippen molar-refractivity contribution in [1.82, 2.24) is 10.6 Å². The Morgan fingerprint density at radius 2 is 1.73 bits per heavy atom. The minimum Gasteiger partial charge on any atom is -0.354 e. The van der Waals surface area contributed by atoms with E-state index in [-0.39, 0.29) is 23.8 Å². The Bertz CT molecular complexity index is 495. The summed E-state index contributed by atoms with van der Waals surface area (Å²) in [7, 11) is 0. The van der Waals surface area contributed by atoms with Gasteiger partial charge in [0.1, 0.15) is 6.04 Å². The van der Waals surface area contributed by atoms with Gasteiger partial charge in [0.05, 0.1) is 0 Å². The number of carbonyl (C=O) groups is 2. The first-order valence-electron chi connectivity index (χ1n) is 7.72. The highest BCUT2D eigenvalue weighted by Gasteiger charge is 2.24. The monoisotopic (exact) mass is 305 g/mol. The van der Waals surface area contributed by atoms with Crippen LogP contribution in [0.5, 0.6) is 0 Å². The molecule has 0 fully saturated rings. The van der Waals surface area contributed by atoms with Crippen LogP contribution in [0, 0.1) is 12.8 Å². The lowest BCUT2D eigenvalue weighted by molar-refractivity contribution is -0.123. The molecule has 2 unspecified atom stereocenters. The highest BCUT2D eigenvalue weighted by molar-refractivity contribution is 5.97. The van der Waals surface area contributed by atoms with Crippen LogP contribution < -0.4 is 16.4 Å². The molecule has 2 amide bonds. The number of hydrogen-bond acceptors (Lipinski definition) is 3. The van der Waals surface area contributed by atoms with Crippen LogP contribution in [0.2, 0.25) is 0 Å². The Kier molecular flexibility index (Phi) is 7.05. The van der Waals surface area contributed by atoms with E-state index in [0.717, 1.165) is 5.56 Å². The summed E-state index contributed by atoms with van der Waals surface area (Å²) in [5.41, 5.74) is 7.31. The Labute approximate surface area is 132 Å². The quantitative estimate of drug-likeness (QED) is 0.715. The van der Waals surface area contributed by atoms with Crippen LogP contribution in [0.4, 0.5) is 0 Å². The van der Waals surface area contributed by atoms with Crippen LogP contribution >= 0.6 is 0 Å². The normalized spacial score (nSPS) is 13.5. The summed E-state index contributed by atoms with van der Waals surface area (Å²) >= 11 is 0. The first kappa shape index (κ1) is 18.2. The molecule has 0 aliphatic heterocycles. The van der Waals surface area contributed by atoms with Gasteiger partial charge in [-0.15, -0.1) is 0 Å². The first-order valence-corrected chi connectivity index (χ1v) is 7.72. The predicted octanol–water partition coefficient (Wildman–Crippen LogP) is 1.60. The summed E-state index contributed by atoms with van der Waals surface area (Å²) in [4.78, 5) is 24.5. The van der Waals surface area contributed by atoms with Gasteiger partial charge in [-0.1, -0.05) is 31.5 Å². The van der Waals surface area contributed by atoms with E-state index in [1.807, 2.05) is 39.8 Å². The summed E-state index contributed by atoms with van der Waals surface area (Å²) in [5, 5.41) is 5.64. The van der Waals surface area contributed by atoms with E-state index < -0.39 is 6.04 Å². The standard InChI is InChI=1S/C17H27N3O2/c1-11(2)15(17(22)19-10-9-13(4)18)20-16(21)14-7-5-12(3)6-8-14/h5-8,11,13,15H,9-10,18H2,1-4H3,(H,19,22)(H,20,21). The number of rotatable bonds is 7. The van der Waals surface area contributed by atoms with E-state index in [0.29, 0.717) is 18.5 Å². The number of nitrogens with one attached hydrogen (secondary N) is 2. The van der Waals surface area contributed by atoms with E-state index in [1.165, 1.54) is 0 Å². The smallest absolute Gasteiger partial charge is 0.251 e. The summed E-state index contributed by atoms with van der Waals surface area (Å²) in [6, 6.07) is 6.76. The zero-order valence-corrected chi connectivity index (χ0v) is 13.8. The summed E-state index contributed by atoms with van der Waals surface area (Å²) in [6.45, 7) is 8.19. The van der Waals surface area contributed by atoms with Gasteiger partial charge < -0.3 is 16.4 Å². The molecule has 1 aromatic rings. The molecule has 0 aliphatic rings. The fourth-order valence-electron chi connectivity index (χ4n) is 2.00. The Hall–Kier alpha value is -1.88. The first-order chi connectivity index (χ1) is 10.3. The second-order valence-electron chi connectivity index (χ2n) is 6.12. The molecule has 0 spiro atoms. The summed E-state index contributed by atoms with van der Waals surface area (Å²) in [5.74, 6) is -0.401. The number of hydrogen-bond donors (Lipinski definition) is 3. The van der Waals surface area contributed by atoms with Gasteiger partial charge in [-0.3, -0.25) is 9.59 Å². The van der Waals surface area contributed by atoms with E-state index >= 15 is 0 Å². The average Bonchev–Trinajstić information content (AvgIpc) is 2.44. The van der Waals surface area contributed by atoms with Gasteiger partial charge in [-0.2, -0.15) is 0 Å². The molecule has 0 saturated carbocycles. The fraction of sp³-hybridized carbons (Fsp3) is 0.529. The fourth-order valence-corrected chi connectivity index (χ4v) is 2.00. The topological polar surface area (TPSA) is 84.2 Å². The van der Waals surface area contributed by atoms with Crippen LogP contribution in [-0.2, 0) is 4.79 Å². The zero-order chi connectivity index (χ0) is 16.7. The molecular weight excluding hydrogens is 278 g/mol. The second-order valence-corrected chi connectivity index (χ2v) is 6.12. The van der Waals surface area contributed by atoms with Crippen molar-refractivity contribution in [3.05, 3.63) is 35.4 Å². The third kappa shape index (κ3) is 5.85. The predicted molar refractivity (Wildman–Crippen MR) is 88.5 cm³/mol. The third-order valence-electron chi connectivity index (χ3n) is 3.45. The molecule has 22 heavy (non-hydrogen) atoms. The number of benzene rings is 1. The minimum atomic E-state index is -0.554. The minimum absolute atomic E-state index is 0.00435. The lowest BCUT2D eigenvalue weighted by atomic mass is 10.0. The van der Waals surface area contributed by atoms with Gasteiger partial charge in [0.2, 0.25) is 5.91 Å². The molecule has 1 aromatic carbocycles. The van der Waals surface area contributed by atoms with Crippen molar-refractivity contribution >= 4 is 11.8 Å². The summed E-state index contributed by atoms with van der Waals surface area (Å²) in [6.07, 6.45) is 0.711. The van der Waals surface area contributed by atoms with Crippen LogP contribution in [-0.4, -0.2) is 30.4 Å². The maximum absolute atomic E-state index is 12.2. The Morgan fingerprint density at radius 3 is 2.23 bits per heavy atom. The second kappa shape index (κ2) is 8.54. The molecular formula is C17H27N3O2. The van der Waals surface area contributed by atoms with Crippen molar-refractivity contribution in [3.8, 4) is 0 Å². The highest BCUT2D eigenvalue weighted by Crippen LogP contribution is 2.07. The van der Waals surface area contributed by atoms with Gasteiger partial charge in [-0.05, 0) is 38.3 Å². The molecule has 0 aromatic heterocycles. The SMILES string of the molecule is Cc1ccc(C(=O)NC(C(=O)NCCC(C)N)C(C)C)cc1. The van der Waals surface area contributed by atoms with Gasteiger partial charge in [0.25, 0.3) is 5.91 Å². The van der Waals surface area contributed by atoms with Crippen molar-refractivity contribution < 1.29 is 9.59 Å². The maximum Gasteiger partial charge on any atom is 0.251 e. The van der Waals surface area contributed by atoms with Crippen LogP contribution in [0.1, 0.15) is 43.1 Å². The maximum atomic E-state index is 12.2. The molecule has 1 rings (SSSR count). The molecule has 0 radical (unpaired) electrons. The van der Waals surface area contributed by atoms with Gasteiger partial charge in [0, 0.05) is 18.2 Å². The van der Waals surface area contributed by atoms with Crippen molar-refractivity contribution in [3.63, 3.8) is 0 Å². The lowest BCUT2D eigenvalue weighted by Gasteiger charge is -2.22. The Morgan fingerprint density at radius 1 is 1.14 bits per heavy atom. The van der Waals surface area contributed by atoms with E-state index in [1.54, 1.807) is 12.1 Å². The van der Waals surface area contributed by atoms with Crippen LogP contribution in [0.25, 0.3) is 0 Å². The number of aryl methyl sites for hydroxylation is 1. The van der Waals surface area contributed by atoms with Gasteiger partial charge >= 0.3 is 0 Å². The third-order valence-corrected chi connectivity index (χ3v) is 3.45. The van der Waals surface area contributed by atoms with E-state index in [2.05, 4.69) is 10.6 Å². The largest absolute Gasteiger partial charge is 0.354 e. The van der Waals surface area contributed by atoms with Gasteiger partial charge in [-0.25, -0.2) is 0 Å². The number of amides is 2. The molecule has 0 saturated heterocycles. The van der Waals surface area contributed by atoms with Crippen LogP contribution in [0.3, 0.4) is 0 Å². The molecule has 122 valence electrons. The van der Waals surface area contributed by atoms with Crippen molar-refractivity contribution in [2.24, 2.45) is 11.7 Å². The number of carbonyl (C=O) groups excluding carboxylic acids is 2. The Balaban J connectivity index is 2.65. The molecule has 0 aliphatic carbocycles. The average molecular weight is 305 g/mol. The van der Waals surface area contributed by atoms with Crippen molar-refractivity contribution in [2.75, 3.05) is 6.54 Å². The lowest BCUT2D eigenvalue weighted by Crippen LogP contribution is -2.50. The summed E-state index contributed by atoms with van der Waals surface area (Å²) < 4.78 is 0. The zero-order valence-electron chi connectivity index (χ0n) is 13.8. The van der Waals surface area contributed by atoms with Crippen LogP contribution in [0.15, 0.2) is 24.3 Å². The highest BCUT2D eigenvalue weighted by atomic mass is 16.2. The molecule has 5 nitrogen and oxygen atoms in total. The van der Waals surface area contributed by atoms with E-state index in [4.69, 9.17) is 5.73 Å². The van der Waals surface area contributed by atoms with Crippen molar-refractivity contribution in [1.29, 1.82) is 0 Å². The van der Waals surface area contributed by atoms with Crippen molar-refractivity contribution in [2.45, 2.75) is 46.2 Å². The van der Waals surface area contributed by atoms with Gasteiger partial charge in [0.15, 0.2) is 0 Å². The molecule has 5 heteroatoms. The molecule has 0 bridgehead atoms. The van der Waals surface area contributed by atoms with E-state index in [9.17, 15) is 9.59 Å².